The Morgan fingerprint density at radius 2 is 1.96 bits per heavy atom. The van der Waals surface area contributed by atoms with Crippen molar-refractivity contribution in [1.82, 2.24) is 4.90 Å². The van der Waals surface area contributed by atoms with Gasteiger partial charge in [-0.1, -0.05) is 30.3 Å². The Morgan fingerprint density at radius 1 is 1.17 bits per heavy atom. The van der Waals surface area contributed by atoms with Gasteiger partial charge in [0.1, 0.15) is 23.8 Å². The summed E-state index contributed by atoms with van der Waals surface area (Å²) in [6.45, 7) is 0.623. The molecule has 0 saturated carbocycles. The molecule has 1 fully saturated rings. The van der Waals surface area contributed by atoms with E-state index < -0.39 is 12.2 Å². The van der Waals surface area contributed by atoms with Gasteiger partial charge < -0.3 is 14.7 Å². The van der Waals surface area contributed by atoms with Gasteiger partial charge in [0.15, 0.2) is 0 Å². The Kier molecular flexibility index (Phi) is 5.11. The Morgan fingerprint density at radius 3 is 2.71 bits per heavy atom. The van der Waals surface area contributed by atoms with Gasteiger partial charge in [-0.15, -0.1) is 0 Å². The molecule has 0 spiro atoms. The lowest BCUT2D eigenvalue weighted by molar-refractivity contribution is -0.130. The quantitative estimate of drug-likeness (QED) is 0.916. The first-order valence-electron chi connectivity index (χ1n) is 8.04. The molecule has 24 heavy (non-hydrogen) atoms. The van der Waals surface area contributed by atoms with Crippen LogP contribution in [0, 0.1) is 5.82 Å². The van der Waals surface area contributed by atoms with Gasteiger partial charge in [0.05, 0.1) is 13.1 Å². The van der Waals surface area contributed by atoms with E-state index in [-0.39, 0.29) is 24.7 Å². The van der Waals surface area contributed by atoms with E-state index in [1.54, 1.807) is 17.0 Å². The highest BCUT2D eigenvalue weighted by Gasteiger charge is 2.35. The number of β-amino-alcohol motifs (C(OH)–C–C–N with tert-alkyl or cyclic N) is 1. The molecular weight excluding hydrogens is 309 g/mol. The number of aliphatic hydroxyl groups excluding tert-OH is 1. The molecule has 2 aromatic carbocycles. The van der Waals surface area contributed by atoms with Crippen LogP contribution in [0.4, 0.5) is 4.39 Å². The largest absolute Gasteiger partial charge is 0.486 e. The van der Waals surface area contributed by atoms with Crippen molar-refractivity contribution in [3.05, 3.63) is 66.0 Å². The molecule has 2 atom stereocenters. The summed E-state index contributed by atoms with van der Waals surface area (Å²) in [4.78, 5) is 13.9. The molecule has 3 rings (SSSR count). The maximum Gasteiger partial charge on any atom is 0.223 e. The average molecular weight is 329 g/mol. The summed E-state index contributed by atoms with van der Waals surface area (Å²) in [5.41, 5.74) is 0.792. The number of carbonyl (C=O) groups excluding carboxylic acids is 1. The molecule has 0 aromatic heterocycles. The van der Waals surface area contributed by atoms with Crippen LogP contribution in [0.25, 0.3) is 0 Å². The molecule has 5 heteroatoms. The third-order valence-electron chi connectivity index (χ3n) is 4.14. The normalized spacial score (nSPS) is 20.2. The number of hydrogen-bond acceptors (Lipinski definition) is 3. The second-order valence-corrected chi connectivity index (χ2v) is 5.97. The lowest BCUT2D eigenvalue weighted by Gasteiger charge is -2.17. The fraction of sp³-hybridized carbons (Fsp3) is 0.316. The topological polar surface area (TPSA) is 49.8 Å². The molecule has 1 heterocycles. The maximum absolute atomic E-state index is 13.2. The minimum Gasteiger partial charge on any atom is -0.486 e. The fourth-order valence-corrected chi connectivity index (χ4v) is 2.85. The molecule has 0 unspecified atom stereocenters. The summed E-state index contributed by atoms with van der Waals surface area (Å²) in [5, 5.41) is 10.1. The summed E-state index contributed by atoms with van der Waals surface area (Å²) < 4.78 is 18.9. The number of nitrogens with zero attached hydrogens (tertiary/aromatic N) is 1. The van der Waals surface area contributed by atoms with Gasteiger partial charge in [-0.25, -0.2) is 4.39 Å². The molecule has 1 saturated heterocycles. The monoisotopic (exact) mass is 329 g/mol. The zero-order valence-electron chi connectivity index (χ0n) is 13.3. The van der Waals surface area contributed by atoms with Crippen LogP contribution in [-0.4, -0.2) is 41.2 Å². The molecule has 1 aliphatic rings. The van der Waals surface area contributed by atoms with Crippen molar-refractivity contribution in [1.29, 1.82) is 0 Å². The van der Waals surface area contributed by atoms with Crippen LogP contribution in [0.3, 0.4) is 0 Å². The molecule has 126 valence electrons. The van der Waals surface area contributed by atoms with Crippen LogP contribution in [0.15, 0.2) is 54.6 Å². The second kappa shape index (κ2) is 7.45. The van der Waals surface area contributed by atoms with E-state index in [9.17, 15) is 14.3 Å². The molecule has 1 N–H and O–H groups in total. The van der Waals surface area contributed by atoms with Crippen molar-refractivity contribution in [2.24, 2.45) is 0 Å². The summed E-state index contributed by atoms with van der Waals surface area (Å²) in [5.74, 6) is 0.320. The molecule has 2 aromatic rings. The minimum atomic E-state index is -0.705. The molecule has 0 radical (unpaired) electrons. The molecular formula is C19H20FNO3. The minimum absolute atomic E-state index is 0.0579. The summed E-state index contributed by atoms with van der Waals surface area (Å²) in [7, 11) is 0. The number of aliphatic hydroxyl groups is 1. The van der Waals surface area contributed by atoms with Crippen LogP contribution < -0.4 is 4.74 Å². The van der Waals surface area contributed by atoms with Crippen molar-refractivity contribution in [3.8, 4) is 5.75 Å². The zero-order valence-corrected chi connectivity index (χ0v) is 13.3. The van der Waals surface area contributed by atoms with Crippen LogP contribution in [0.5, 0.6) is 5.75 Å². The summed E-state index contributed by atoms with van der Waals surface area (Å²) in [6, 6.07) is 15.5. The van der Waals surface area contributed by atoms with Crippen LogP contribution in [0.1, 0.15) is 12.0 Å². The predicted molar refractivity (Wildman–Crippen MR) is 88.2 cm³/mol. The number of hydrogen-bond donors (Lipinski definition) is 1. The van der Waals surface area contributed by atoms with Crippen LogP contribution in [-0.2, 0) is 11.2 Å². The van der Waals surface area contributed by atoms with Crippen molar-refractivity contribution in [3.63, 3.8) is 0 Å². The third kappa shape index (κ3) is 4.11. The Bertz CT molecular complexity index is 692. The van der Waals surface area contributed by atoms with Gasteiger partial charge in [-0.05, 0) is 36.2 Å². The van der Waals surface area contributed by atoms with Gasteiger partial charge in [0.25, 0.3) is 0 Å². The van der Waals surface area contributed by atoms with Crippen molar-refractivity contribution in [2.75, 3.05) is 13.1 Å². The smallest absolute Gasteiger partial charge is 0.223 e. The number of aryl methyl sites for hydroxylation is 1. The molecule has 1 amide bonds. The van der Waals surface area contributed by atoms with E-state index in [4.69, 9.17) is 4.74 Å². The Balaban J connectivity index is 1.53. The lowest BCUT2D eigenvalue weighted by atomic mass is 10.1. The highest BCUT2D eigenvalue weighted by Crippen LogP contribution is 2.19. The van der Waals surface area contributed by atoms with Crippen molar-refractivity contribution >= 4 is 5.91 Å². The van der Waals surface area contributed by atoms with Crippen molar-refractivity contribution < 1.29 is 19.0 Å². The first kappa shape index (κ1) is 16.5. The molecule has 0 aliphatic carbocycles. The van der Waals surface area contributed by atoms with Crippen LogP contribution >= 0.6 is 0 Å². The van der Waals surface area contributed by atoms with Gasteiger partial charge in [-0.2, -0.15) is 0 Å². The Hall–Kier alpha value is -2.40. The average Bonchev–Trinajstić information content (AvgIpc) is 2.95. The number of amides is 1. The lowest BCUT2D eigenvalue weighted by Crippen LogP contribution is -2.31. The van der Waals surface area contributed by atoms with E-state index in [1.807, 2.05) is 30.3 Å². The van der Waals surface area contributed by atoms with Gasteiger partial charge in [0.2, 0.25) is 5.91 Å². The van der Waals surface area contributed by atoms with E-state index in [0.717, 1.165) is 5.56 Å². The number of likely N-dealkylation sites (tertiary alicyclic amines) is 1. The highest BCUT2D eigenvalue weighted by atomic mass is 19.1. The number of halogens is 1. The van der Waals surface area contributed by atoms with E-state index in [0.29, 0.717) is 18.7 Å². The summed E-state index contributed by atoms with van der Waals surface area (Å²) >= 11 is 0. The fourth-order valence-electron chi connectivity index (χ4n) is 2.85. The summed E-state index contributed by atoms with van der Waals surface area (Å²) in [6.07, 6.45) is -0.365. The van der Waals surface area contributed by atoms with Gasteiger partial charge in [0, 0.05) is 6.42 Å². The predicted octanol–water partition coefficient (Wildman–Crippen LogP) is 2.41. The first-order chi connectivity index (χ1) is 11.6. The maximum atomic E-state index is 13.2. The first-order valence-corrected chi connectivity index (χ1v) is 8.04. The second-order valence-electron chi connectivity index (χ2n) is 5.97. The number of benzene rings is 2. The Labute approximate surface area is 140 Å². The van der Waals surface area contributed by atoms with Gasteiger partial charge in [-0.3, -0.25) is 4.79 Å². The number of para-hydroxylation sites is 1. The van der Waals surface area contributed by atoms with Crippen molar-refractivity contribution in [2.45, 2.75) is 25.0 Å². The van der Waals surface area contributed by atoms with Crippen LogP contribution in [0.2, 0.25) is 0 Å². The molecule has 4 nitrogen and oxygen atoms in total. The SMILES string of the molecule is O=C(CCc1cccc(F)c1)N1C[C@@H](O)[C@H](Oc2ccccc2)C1. The van der Waals surface area contributed by atoms with E-state index in [2.05, 4.69) is 0 Å². The standard InChI is InChI=1S/C19H20FNO3/c20-15-6-4-5-14(11-15)9-10-19(23)21-12-17(22)18(13-21)24-16-7-2-1-3-8-16/h1-8,11,17-18,22H,9-10,12-13H2/t17-,18-/m1/s1. The highest BCUT2D eigenvalue weighted by molar-refractivity contribution is 5.77. The number of carbonyl (C=O) groups is 1. The number of rotatable bonds is 5. The molecule has 1 aliphatic heterocycles. The van der Waals surface area contributed by atoms with Gasteiger partial charge >= 0.3 is 0 Å². The van der Waals surface area contributed by atoms with E-state index in [1.165, 1.54) is 12.1 Å². The third-order valence-corrected chi connectivity index (χ3v) is 4.14. The number of ether oxygens (including phenoxy) is 1. The van der Waals surface area contributed by atoms with E-state index >= 15 is 0 Å². The molecule has 0 bridgehead atoms. The zero-order chi connectivity index (χ0) is 16.9.